The van der Waals surface area contributed by atoms with Gasteiger partial charge >= 0.3 is 0 Å². The number of hydrogen-bond acceptors (Lipinski definition) is 5. The highest BCUT2D eigenvalue weighted by atomic mass is 35.5. The number of benzene rings is 2. The molecule has 1 heterocycles. The van der Waals surface area contributed by atoms with Crippen LogP contribution >= 0.6 is 35.0 Å². The van der Waals surface area contributed by atoms with Gasteiger partial charge in [0.25, 0.3) is 0 Å². The van der Waals surface area contributed by atoms with Crippen LogP contribution in [0.4, 0.5) is 0 Å². The van der Waals surface area contributed by atoms with E-state index < -0.39 is 0 Å². The summed E-state index contributed by atoms with van der Waals surface area (Å²) in [5.74, 6) is 1.75. The van der Waals surface area contributed by atoms with Crippen molar-refractivity contribution in [1.82, 2.24) is 19.7 Å². The van der Waals surface area contributed by atoms with E-state index in [1.165, 1.54) is 11.8 Å². The van der Waals surface area contributed by atoms with E-state index in [0.717, 1.165) is 17.1 Å². The van der Waals surface area contributed by atoms with Crippen molar-refractivity contribution in [3.8, 4) is 17.1 Å². The van der Waals surface area contributed by atoms with E-state index in [0.29, 0.717) is 34.9 Å². The van der Waals surface area contributed by atoms with Crippen molar-refractivity contribution < 1.29 is 9.53 Å². The maximum absolute atomic E-state index is 12.5. The van der Waals surface area contributed by atoms with Crippen molar-refractivity contribution in [2.75, 3.05) is 26.0 Å². The summed E-state index contributed by atoms with van der Waals surface area (Å²) < 4.78 is 7.64. The van der Waals surface area contributed by atoms with E-state index in [1.807, 2.05) is 35.8 Å². The number of likely N-dealkylation sites (N-methyl/N-ethyl adjacent to an activating group) is 1. The summed E-state index contributed by atoms with van der Waals surface area (Å²) in [6, 6.07) is 14.6. The van der Waals surface area contributed by atoms with Crippen molar-refractivity contribution >= 4 is 40.9 Å². The SMILES string of the molecule is CCn1c(SCC(=O)N(C)CCOc2ccc(Cl)cc2)nnc1-c1ccc(Cl)cc1. The minimum absolute atomic E-state index is 0.00148. The van der Waals surface area contributed by atoms with E-state index in [2.05, 4.69) is 10.2 Å². The molecule has 2 aromatic carbocycles. The molecule has 0 fully saturated rings. The van der Waals surface area contributed by atoms with Crippen LogP contribution in [-0.4, -0.2) is 51.5 Å². The second-order valence-corrected chi connectivity index (χ2v) is 8.28. The first-order valence-corrected chi connectivity index (χ1v) is 11.2. The van der Waals surface area contributed by atoms with E-state index in [-0.39, 0.29) is 11.7 Å². The van der Waals surface area contributed by atoms with Crippen molar-refractivity contribution in [3.63, 3.8) is 0 Å². The van der Waals surface area contributed by atoms with Gasteiger partial charge in [0.05, 0.1) is 12.3 Å². The number of amides is 1. The van der Waals surface area contributed by atoms with Crippen LogP contribution in [0.25, 0.3) is 11.4 Å². The molecule has 0 aliphatic rings. The fraction of sp³-hybridized carbons (Fsp3) is 0.286. The van der Waals surface area contributed by atoms with E-state index in [1.54, 1.807) is 36.2 Å². The maximum atomic E-state index is 12.5. The molecule has 0 spiro atoms. The molecule has 0 saturated heterocycles. The molecule has 0 N–H and O–H groups in total. The van der Waals surface area contributed by atoms with Gasteiger partial charge in [-0.15, -0.1) is 10.2 Å². The van der Waals surface area contributed by atoms with Crippen LogP contribution in [0.3, 0.4) is 0 Å². The third-order valence-corrected chi connectivity index (χ3v) is 5.85. The van der Waals surface area contributed by atoms with Crippen molar-refractivity contribution in [2.24, 2.45) is 0 Å². The summed E-state index contributed by atoms with van der Waals surface area (Å²) in [6.07, 6.45) is 0. The van der Waals surface area contributed by atoms with Crippen molar-refractivity contribution in [2.45, 2.75) is 18.6 Å². The highest BCUT2D eigenvalue weighted by Crippen LogP contribution is 2.25. The Balaban J connectivity index is 1.52. The number of rotatable bonds is 9. The Morgan fingerprint density at radius 3 is 2.33 bits per heavy atom. The van der Waals surface area contributed by atoms with Gasteiger partial charge in [-0.1, -0.05) is 35.0 Å². The maximum Gasteiger partial charge on any atom is 0.232 e. The van der Waals surface area contributed by atoms with Crippen LogP contribution in [0.1, 0.15) is 6.92 Å². The number of carbonyl (C=O) groups is 1. The molecular weight excluding hydrogens is 443 g/mol. The van der Waals surface area contributed by atoms with E-state index in [9.17, 15) is 4.79 Å². The quantitative estimate of drug-likeness (QED) is 0.421. The van der Waals surface area contributed by atoms with Crippen molar-refractivity contribution in [3.05, 3.63) is 58.6 Å². The summed E-state index contributed by atoms with van der Waals surface area (Å²) in [6.45, 7) is 3.61. The lowest BCUT2D eigenvalue weighted by Crippen LogP contribution is -2.32. The topological polar surface area (TPSA) is 60.2 Å². The summed E-state index contributed by atoms with van der Waals surface area (Å²) in [5.41, 5.74) is 0.934. The number of carbonyl (C=O) groups excluding carboxylic acids is 1. The number of halogens is 2. The van der Waals surface area contributed by atoms with Crippen LogP contribution in [0.5, 0.6) is 5.75 Å². The van der Waals surface area contributed by atoms with Crippen LogP contribution in [0.2, 0.25) is 10.0 Å². The largest absolute Gasteiger partial charge is 0.492 e. The first kappa shape index (κ1) is 22.5. The lowest BCUT2D eigenvalue weighted by molar-refractivity contribution is -0.127. The molecule has 0 aliphatic heterocycles. The number of ether oxygens (including phenoxy) is 1. The fourth-order valence-corrected chi connectivity index (χ4v) is 3.88. The second-order valence-electron chi connectivity index (χ2n) is 6.46. The van der Waals surface area contributed by atoms with Gasteiger partial charge in [0.2, 0.25) is 5.91 Å². The second kappa shape index (κ2) is 10.7. The summed E-state index contributed by atoms with van der Waals surface area (Å²) >= 11 is 13.2. The molecular formula is C21H22Cl2N4O2S. The molecule has 158 valence electrons. The zero-order valence-corrected chi connectivity index (χ0v) is 19.0. The minimum atomic E-state index is -0.00148. The Kier molecular flexibility index (Phi) is 8.01. The highest BCUT2D eigenvalue weighted by molar-refractivity contribution is 7.99. The molecule has 0 bridgehead atoms. The van der Waals surface area contributed by atoms with Gasteiger partial charge < -0.3 is 14.2 Å². The van der Waals surface area contributed by atoms with Gasteiger partial charge in [-0.3, -0.25) is 4.79 Å². The average molecular weight is 465 g/mol. The molecule has 0 atom stereocenters. The summed E-state index contributed by atoms with van der Waals surface area (Å²) in [7, 11) is 1.76. The minimum Gasteiger partial charge on any atom is -0.492 e. The van der Waals surface area contributed by atoms with Crippen molar-refractivity contribution in [1.29, 1.82) is 0 Å². The Labute approximate surface area is 190 Å². The molecule has 1 aromatic heterocycles. The zero-order valence-electron chi connectivity index (χ0n) is 16.7. The molecule has 6 nitrogen and oxygen atoms in total. The molecule has 0 aliphatic carbocycles. The fourth-order valence-electron chi connectivity index (χ4n) is 2.69. The highest BCUT2D eigenvalue weighted by Gasteiger charge is 2.16. The Bertz CT molecular complexity index is 978. The van der Waals surface area contributed by atoms with Crippen LogP contribution in [0, 0.1) is 0 Å². The first-order chi connectivity index (χ1) is 14.5. The molecule has 30 heavy (non-hydrogen) atoms. The summed E-state index contributed by atoms with van der Waals surface area (Å²) in [4.78, 5) is 14.1. The normalized spacial score (nSPS) is 10.8. The molecule has 1 amide bonds. The van der Waals surface area contributed by atoms with E-state index >= 15 is 0 Å². The Morgan fingerprint density at radius 2 is 1.70 bits per heavy atom. The number of aromatic nitrogens is 3. The van der Waals surface area contributed by atoms with Gasteiger partial charge in [0.15, 0.2) is 11.0 Å². The van der Waals surface area contributed by atoms with Gasteiger partial charge in [0.1, 0.15) is 12.4 Å². The predicted molar refractivity (Wildman–Crippen MR) is 121 cm³/mol. The third kappa shape index (κ3) is 5.90. The molecule has 0 unspecified atom stereocenters. The number of nitrogens with zero attached hydrogens (tertiary/aromatic N) is 4. The molecule has 9 heteroatoms. The van der Waals surface area contributed by atoms with Crippen LogP contribution in [-0.2, 0) is 11.3 Å². The van der Waals surface area contributed by atoms with E-state index in [4.69, 9.17) is 27.9 Å². The zero-order chi connectivity index (χ0) is 21.5. The molecule has 3 aromatic rings. The van der Waals surface area contributed by atoms with Crippen LogP contribution < -0.4 is 4.74 Å². The monoisotopic (exact) mass is 464 g/mol. The summed E-state index contributed by atoms with van der Waals surface area (Å²) in [5, 5.41) is 10.6. The molecule has 3 rings (SSSR count). The van der Waals surface area contributed by atoms with Gasteiger partial charge in [-0.2, -0.15) is 0 Å². The lowest BCUT2D eigenvalue weighted by Gasteiger charge is -2.17. The first-order valence-electron chi connectivity index (χ1n) is 9.42. The van der Waals surface area contributed by atoms with Gasteiger partial charge in [-0.25, -0.2) is 0 Å². The van der Waals surface area contributed by atoms with Gasteiger partial charge in [0, 0.05) is 29.2 Å². The van der Waals surface area contributed by atoms with Gasteiger partial charge in [-0.05, 0) is 55.5 Å². The predicted octanol–water partition coefficient (Wildman–Crippen LogP) is 4.90. The number of hydrogen-bond donors (Lipinski definition) is 0. The standard InChI is InChI=1S/C21H22Cl2N4O2S/c1-3-27-20(15-4-6-16(22)7-5-15)24-25-21(27)30-14-19(28)26(2)12-13-29-18-10-8-17(23)9-11-18/h4-11H,3,12-14H2,1-2H3. The smallest absolute Gasteiger partial charge is 0.232 e. The average Bonchev–Trinajstić information content (AvgIpc) is 3.16. The Morgan fingerprint density at radius 1 is 1.07 bits per heavy atom. The molecule has 0 radical (unpaired) electrons. The lowest BCUT2D eigenvalue weighted by atomic mass is 10.2. The third-order valence-electron chi connectivity index (χ3n) is 4.40. The van der Waals surface area contributed by atoms with Crippen LogP contribution in [0.15, 0.2) is 53.7 Å². The number of thioether (sulfide) groups is 1. The Hall–Kier alpha value is -2.22. The molecule has 0 saturated carbocycles.